The highest BCUT2D eigenvalue weighted by Crippen LogP contribution is 2.03. The molecule has 0 saturated carbocycles. The Kier molecular flexibility index (Phi) is 7.76. The molecule has 0 aliphatic carbocycles. The van der Waals surface area contributed by atoms with Gasteiger partial charge in [-0.15, -0.1) is 0 Å². The molecule has 1 rings (SSSR count). The number of aliphatic hydroxyl groups is 1. The molecule has 1 fully saturated rings. The van der Waals surface area contributed by atoms with Gasteiger partial charge in [0.2, 0.25) is 0 Å². The van der Waals surface area contributed by atoms with Crippen molar-refractivity contribution in [3.63, 3.8) is 0 Å². The summed E-state index contributed by atoms with van der Waals surface area (Å²) in [5, 5.41) is 12.1. The van der Waals surface area contributed by atoms with E-state index in [4.69, 9.17) is 9.84 Å². The summed E-state index contributed by atoms with van der Waals surface area (Å²) in [7, 11) is 0. The van der Waals surface area contributed by atoms with E-state index in [-0.39, 0.29) is 0 Å². The number of ether oxygens (including phenoxy) is 1. The minimum Gasteiger partial charge on any atom is -0.396 e. The lowest BCUT2D eigenvalue weighted by Gasteiger charge is -2.32. The number of rotatable bonds is 8. The number of hydrogen-bond donors (Lipinski definition) is 2. The van der Waals surface area contributed by atoms with Crippen molar-refractivity contribution < 1.29 is 9.84 Å². The van der Waals surface area contributed by atoms with Crippen LogP contribution in [0.25, 0.3) is 0 Å². The van der Waals surface area contributed by atoms with Crippen molar-refractivity contribution in [2.24, 2.45) is 0 Å². The van der Waals surface area contributed by atoms with E-state index in [0.717, 1.165) is 58.6 Å². The van der Waals surface area contributed by atoms with Crippen LogP contribution in [-0.4, -0.2) is 62.0 Å². The number of unbranched alkanes of at least 4 members (excludes halogenated alkanes) is 2. The average Bonchev–Trinajstić information content (AvgIpc) is 2.34. The molecule has 0 amide bonds. The minimum absolute atomic E-state index is 0.317. The molecule has 1 aliphatic rings. The van der Waals surface area contributed by atoms with E-state index in [1.807, 2.05) is 0 Å². The first-order valence-electron chi connectivity index (χ1n) is 6.52. The SMILES string of the molecule is CCN1CCOC(CNCCCCCO)C1. The first-order valence-corrected chi connectivity index (χ1v) is 6.52. The standard InChI is InChI=1S/C12H26N2O2/c1-2-14-7-9-16-12(11-14)10-13-6-4-3-5-8-15/h12-13,15H,2-11H2,1H3. The summed E-state index contributed by atoms with van der Waals surface area (Å²) < 4.78 is 5.69. The highest BCUT2D eigenvalue weighted by atomic mass is 16.5. The van der Waals surface area contributed by atoms with Crippen molar-refractivity contribution in [3.05, 3.63) is 0 Å². The summed E-state index contributed by atoms with van der Waals surface area (Å²) in [4.78, 5) is 2.43. The highest BCUT2D eigenvalue weighted by molar-refractivity contribution is 4.72. The summed E-state index contributed by atoms with van der Waals surface area (Å²) in [6.07, 6.45) is 3.53. The Balaban J connectivity index is 1.95. The second kappa shape index (κ2) is 8.93. The zero-order valence-corrected chi connectivity index (χ0v) is 10.5. The number of aliphatic hydroxyl groups excluding tert-OH is 1. The van der Waals surface area contributed by atoms with Gasteiger partial charge in [-0.3, -0.25) is 4.90 Å². The summed E-state index contributed by atoms with van der Waals surface area (Å²) >= 11 is 0. The second-order valence-electron chi connectivity index (χ2n) is 4.37. The molecular weight excluding hydrogens is 204 g/mol. The maximum atomic E-state index is 8.64. The van der Waals surface area contributed by atoms with Gasteiger partial charge in [0.15, 0.2) is 0 Å². The van der Waals surface area contributed by atoms with Crippen LogP contribution in [0.4, 0.5) is 0 Å². The quantitative estimate of drug-likeness (QED) is 0.595. The zero-order valence-electron chi connectivity index (χ0n) is 10.5. The van der Waals surface area contributed by atoms with E-state index in [9.17, 15) is 0 Å². The molecule has 0 aromatic rings. The third kappa shape index (κ3) is 5.80. The second-order valence-corrected chi connectivity index (χ2v) is 4.37. The van der Waals surface area contributed by atoms with Gasteiger partial charge in [0.05, 0.1) is 12.7 Å². The summed E-state index contributed by atoms with van der Waals surface area (Å²) in [5.41, 5.74) is 0. The monoisotopic (exact) mass is 230 g/mol. The third-order valence-corrected chi connectivity index (χ3v) is 3.05. The van der Waals surface area contributed by atoms with Gasteiger partial charge < -0.3 is 15.2 Å². The molecule has 96 valence electrons. The summed E-state index contributed by atoms with van der Waals surface area (Å²) in [5.74, 6) is 0. The lowest BCUT2D eigenvalue weighted by Crippen LogP contribution is -2.46. The molecule has 0 bridgehead atoms. The van der Waals surface area contributed by atoms with E-state index < -0.39 is 0 Å². The van der Waals surface area contributed by atoms with Gasteiger partial charge in [0, 0.05) is 26.2 Å². The Hall–Kier alpha value is -0.160. The molecule has 0 spiro atoms. The minimum atomic E-state index is 0.317. The van der Waals surface area contributed by atoms with Crippen LogP contribution in [0.5, 0.6) is 0 Å². The number of morpholine rings is 1. The fourth-order valence-corrected chi connectivity index (χ4v) is 1.99. The Labute approximate surface area is 99.0 Å². The van der Waals surface area contributed by atoms with Crippen LogP contribution in [0.2, 0.25) is 0 Å². The van der Waals surface area contributed by atoms with Crippen molar-refractivity contribution in [3.8, 4) is 0 Å². The van der Waals surface area contributed by atoms with Gasteiger partial charge >= 0.3 is 0 Å². The van der Waals surface area contributed by atoms with Gasteiger partial charge in [-0.25, -0.2) is 0 Å². The molecule has 0 aromatic carbocycles. The van der Waals surface area contributed by atoms with Crippen LogP contribution in [0.3, 0.4) is 0 Å². The van der Waals surface area contributed by atoms with Crippen molar-refractivity contribution >= 4 is 0 Å². The average molecular weight is 230 g/mol. The Bertz CT molecular complexity index is 167. The topological polar surface area (TPSA) is 44.7 Å². The van der Waals surface area contributed by atoms with Gasteiger partial charge in [-0.1, -0.05) is 6.92 Å². The van der Waals surface area contributed by atoms with Crippen LogP contribution >= 0.6 is 0 Å². The number of nitrogens with zero attached hydrogens (tertiary/aromatic N) is 1. The normalized spacial score (nSPS) is 22.5. The third-order valence-electron chi connectivity index (χ3n) is 3.05. The van der Waals surface area contributed by atoms with Crippen molar-refractivity contribution in [1.29, 1.82) is 0 Å². The Morgan fingerprint density at radius 1 is 1.38 bits per heavy atom. The molecule has 1 unspecified atom stereocenters. The van der Waals surface area contributed by atoms with Crippen molar-refractivity contribution in [2.45, 2.75) is 32.3 Å². The summed E-state index contributed by atoms with van der Waals surface area (Å²) in [6.45, 7) is 8.62. The fourth-order valence-electron chi connectivity index (χ4n) is 1.99. The van der Waals surface area contributed by atoms with E-state index in [0.29, 0.717) is 12.7 Å². The molecular formula is C12H26N2O2. The lowest BCUT2D eigenvalue weighted by atomic mass is 10.2. The first-order chi connectivity index (χ1) is 7.86. The van der Waals surface area contributed by atoms with Crippen LogP contribution in [0.1, 0.15) is 26.2 Å². The van der Waals surface area contributed by atoms with Crippen LogP contribution < -0.4 is 5.32 Å². The predicted molar refractivity (Wildman–Crippen MR) is 65.7 cm³/mol. The van der Waals surface area contributed by atoms with Crippen LogP contribution in [0, 0.1) is 0 Å². The molecule has 1 aliphatic heterocycles. The molecule has 1 saturated heterocycles. The largest absolute Gasteiger partial charge is 0.396 e. The Morgan fingerprint density at radius 3 is 3.00 bits per heavy atom. The number of nitrogens with one attached hydrogen (secondary N) is 1. The maximum Gasteiger partial charge on any atom is 0.0826 e. The molecule has 2 N–H and O–H groups in total. The van der Waals surface area contributed by atoms with E-state index in [1.165, 1.54) is 0 Å². The van der Waals surface area contributed by atoms with Gasteiger partial charge in [0.1, 0.15) is 0 Å². The first kappa shape index (κ1) is 13.9. The Morgan fingerprint density at radius 2 is 2.25 bits per heavy atom. The molecule has 4 heteroatoms. The number of likely N-dealkylation sites (N-methyl/N-ethyl adjacent to an activating group) is 1. The zero-order chi connectivity index (χ0) is 11.6. The molecule has 0 aromatic heterocycles. The predicted octanol–water partition coefficient (Wildman–Crippen LogP) is 0.459. The van der Waals surface area contributed by atoms with E-state index in [1.54, 1.807) is 0 Å². The lowest BCUT2D eigenvalue weighted by molar-refractivity contribution is -0.0251. The van der Waals surface area contributed by atoms with Gasteiger partial charge in [0.25, 0.3) is 0 Å². The van der Waals surface area contributed by atoms with Gasteiger partial charge in [-0.2, -0.15) is 0 Å². The molecule has 16 heavy (non-hydrogen) atoms. The van der Waals surface area contributed by atoms with Gasteiger partial charge in [-0.05, 0) is 32.4 Å². The number of hydrogen-bond acceptors (Lipinski definition) is 4. The summed E-state index contributed by atoms with van der Waals surface area (Å²) in [6, 6.07) is 0. The van der Waals surface area contributed by atoms with Crippen LogP contribution in [-0.2, 0) is 4.74 Å². The highest BCUT2D eigenvalue weighted by Gasteiger charge is 2.18. The maximum absolute atomic E-state index is 8.64. The van der Waals surface area contributed by atoms with Crippen molar-refractivity contribution in [1.82, 2.24) is 10.2 Å². The van der Waals surface area contributed by atoms with E-state index in [2.05, 4.69) is 17.1 Å². The molecule has 4 nitrogen and oxygen atoms in total. The van der Waals surface area contributed by atoms with Crippen LogP contribution in [0.15, 0.2) is 0 Å². The van der Waals surface area contributed by atoms with Crippen molar-refractivity contribution in [2.75, 3.05) is 45.9 Å². The fraction of sp³-hybridized carbons (Fsp3) is 1.00. The molecule has 0 radical (unpaired) electrons. The molecule has 1 heterocycles. The smallest absolute Gasteiger partial charge is 0.0826 e. The van der Waals surface area contributed by atoms with E-state index >= 15 is 0 Å². The molecule has 1 atom stereocenters.